The van der Waals surface area contributed by atoms with E-state index in [0.29, 0.717) is 0 Å². The molecule has 5 heteroatoms. The fourth-order valence-corrected chi connectivity index (χ4v) is 9.57. The predicted octanol–water partition coefficient (Wildman–Crippen LogP) is 6.33. The third kappa shape index (κ3) is 5.75. The van der Waals surface area contributed by atoms with Gasteiger partial charge in [0.25, 0.3) is 0 Å². The number of fused-ring (bicyclic) bond motifs is 2. The molecule has 204 valence electrons. The van der Waals surface area contributed by atoms with Crippen molar-refractivity contribution >= 4 is 68.0 Å². The predicted molar refractivity (Wildman–Crippen MR) is 188 cm³/mol. The second kappa shape index (κ2) is 10.6. The van der Waals surface area contributed by atoms with E-state index in [1.54, 1.807) is 0 Å². The van der Waals surface area contributed by atoms with E-state index in [0.717, 1.165) is 11.4 Å². The van der Waals surface area contributed by atoms with Crippen molar-refractivity contribution in [2.24, 2.45) is 0 Å². The quantitative estimate of drug-likeness (QED) is 0.215. The van der Waals surface area contributed by atoms with E-state index in [4.69, 9.17) is 9.97 Å². The molecular weight excluding hydrogens is 545 g/mol. The lowest BCUT2D eigenvalue weighted by Crippen LogP contribution is -2.37. The number of pyridine rings is 2. The average Bonchev–Trinajstić information content (AvgIpc) is 2.95. The molecule has 0 amide bonds. The van der Waals surface area contributed by atoms with Gasteiger partial charge in [0, 0.05) is 34.3 Å². The lowest BCUT2D eigenvalue weighted by atomic mass is 10.0. The maximum atomic E-state index is 4.88. The van der Waals surface area contributed by atoms with Crippen LogP contribution >= 0.6 is 0 Å². The second-order valence-corrected chi connectivity index (χ2v) is 25.4. The van der Waals surface area contributed by atoms with Gasteiger partial charge in [-0.1, -0.05) is 145 Å². The van der Waals surface area contributed by atoms with Crippen LogP contribution in [-0.2, 0) is 0 Å². The van der Waals surface area contributed by atoms with Crippen molar-refractivity contribution in [3.8, 4) is 22.5 Å². The van der Waals surface area contributed by atoms with Crippen molar-refractivity contribution in [3.63, 3.8) is 0 Å². The summed E-state index contributed by atoms with van der Waals surface area (Å²) in [6.45, 7) is 14.4. The molecule has 0 radical (unpaired) electrons. The van der Waals surface area contributed by atoms with E-state index in [1.807, 2.05) is 12.4 Å². The van der Waals surface area contributed by atoms with Gasteiger partial charge in [0.15, 0.2) is 0 Å². The Bertz CT molecular complexity index is 1760. The Labute approximate surface area is 248 Å². The number of hydrogen-bond donors (Lipinski definition) is 0. The van der Waals surface area contributed by atoms with Crippen LogP contribution in [0.5, 0.6) is 0 Å². The molecular formula is C36H38N2Si3. The van der Waals surface area contributed by atoms with Crippen LogP contribution in [0.2, 0.25) is 39.3 Å². The molecule has 2 nitrogen and oxygen atoms in total. The summed E-state index contributed by atoms with van der Waals surface area (Å²) in [5.74, 6) is 0. The first-order valence-corrected chi connectivity index (χ1v) is 22.9. The molecule has 41 heavy (non-hydrogen) atoms. The fraction of sp³-hybridized carbons (Fsp3) is 0.167. The van der Waals surface area contributed by atoms with Gasteiger partial charge in [-0.05, 0) is 22.9 Å². The van der Waals surface area contributed by atoms with Crippen molar-refractivity contribution in [3.05, 3.63) is 109 Å². The van der Waals surface area contributed by atoms with Crippen LogP contribution in [0, 0.1) is 0 Å². The molecule has 0 aliphatic carbocycles. The van der Waals surface area contributed by atoms with Gasteiger partial charge >= 0.3 is 0 Å². The van der Waals surface area contributed by atoms with Gasteiger partial charge in [-0.25, -0.2) is 0 Å². The van der Waals surface area contributed by atoms with Crippen molar-refractivity contribution in [1.29, 1.82) is 0 Å². The zero-order chi connectivity index (χ0) is 28.8. The summed E-state index contributed by atoms with van der Waals surface area (Å²) in [5, 5.41) is 10.8. The molecule has 2 aromatic heterocycles. The largest absolute Gasteiger partial charge is 0.256 e. The summed E-state index contributed by atoms with van der Waals surface area (Å²) in [6, 6.07) is 36.4. The van der Waals surface area contributed by atoms with Crippen LogP contribution in [0.15, 0.2) is 109 Å². The Morgan fingerprint density at radius 2 is 0.927 bits per heavy atom. The summed E-state index contributed by atoms with van der Waals surface area (Å²) in [5.41, 5.74) is 4.59. The molecule has 0 spiro atoms. The molecule has 0 atom stereocenters. The summed E-state index contributed by atoms with van der Waals surface area (Å²) in [7, 11) is -3.54. The van der Waals surface area contributed by atoms with Crippen LogP contribution < -0.4 is 20.7 Å². The highest BCUT2D eigenvalue weighted by atomic mass is 28.3. The van der Waals surface area contributed by atoms with Crippen LogP contribution in [0.3, 0.4) is 0 Å². The van der Waals surface area contributed by atoms with Gasteiger partial charge in [0.05, 0.1) is 37.1 Å². The maximum absolute atomic E-state index is 4.88. The van der Waals surface area contributed by atoms with Gasteiger partial charge in [0.1, 0.15) is 0 Å². The Morgan fingerprint density at radius 3 is 1.34 bits per heavy atom. The van der Waals surface area contributed by atoms with Crippen molar-refractivity contribution < 1.29 is 0 Å². The second-order valence-electron chi connectivity index (χ2n) is 13.3. The Morgan fingerprint density at radius 1 is 0.488 bits per heavy atom. The lowest BCUT2D eigenvalue weighted by Gasteiger charge is -2.18. The number of hydrogen-bond acceptors (Lipinski definition) is 2. The fourth-order valence-electron chi connectivity index (χ4n) is 5.62. The van der Waals surface area contributed by atoms with Gasteiger partial charge in [-0.2, -0.15) is 0 Å². The minimum Gasteiger partial charge on any atom is -0.256 e. The average molecular weight is 583 g/mol. The monoisotopic (exact) mass is 582 g/mol. The number of nitrogens with zero attached hydrogens (tertiary/aromatic N) is 2. The van der Waals surface area contributed by atoms with Crippen molar-refractivity contribution in [2.75, 3.05) is 0 Å². The van der Waals surface area contributed by atoms with E-state index in [-0.39, 0.29) is 0 Å². The van der Waals surface area contributed by atoms with Crippen LogP contribution in [0.4, 0.5) is 0 Å². The highest BCUT2D eigenvalue weighted by molar-refractivity contribution is 6.89. The third-order valence-electron chi connectivity index (χ3n) is 8.07. The number of rotatable bonds is 6. The van der Waals surface area contributed by atoms with Crippen molar-refractivity contribution in [2.45, 2.75) is 39.3 Å². The molecule has 0 saturated heterocycles. The van der Waals surface area contributed by atoms with Crippen LogP contribution in [-0.4, -0.2) is 35.6 Å². The highest BCUT2D eigenvalue weighted by Gasteiger charge is 2.19. The molecule has 0 aliphatic rings. The first kappa shape index (κ1) is 27.5. The van der Waals surface area contributed by atoms with E-state index in [9.17, 15) is 0 Å². The molecule has 4 aromatic carbocycles. The summed E-state index contributed by atoms with van der Waals surface area (Å²) < 4.78 is 0. The molecule has 0 aliphatic heterocycles. The summed E-state index contributed by atoms with van der Waals surface area (Å²) >= 11 is 0. The molecule has 0 bridgehead atoms. The summed E-state index contributed by atoms with van der Waals surface area (Å²) in [4.78, 5) is 9.76. The highest BCUT2D eigenvalue weighted by Crippen LogP contribution is 2.27. The third-order valence-corrected chi connectivity index (χ3v) is 13.9. The van der Waals surface area contributed by atoms with E-state index >= 15 is 0 Å². The number of benzene rings is 4. The SMILES string of the molecule is C[Si](C)(C)c1ccc2ccnc(-c3cccc([SiH2]c4cccc(-c5nccc6ccc([Si](C)(C)C)cc56)c4)c3)c2c1. The van der Waals surface area contributed by atoms with E-state index < -0.39 is 25.7 Å². The molecule has 0 fully saturated rings. The van der Waals surface area contributed by atoms with E-state index in [1.165, 1.54) is 53.4 Å². The molecule has 0 saturated carbocycles. The molecule has 0 N–H and O–H groups in total. The van der Waals surface area contributed by atoms with Gasteiger partial charge in [-0.3, -0.25) is 9.97 Å². The number of aromatic nitrogens is 2. The topological polar surface area (TPSA) is 25.8 Å². The zero-order valence-corrected chi connectivity index (χ0v) is 28.4. The Kier molecular flexibility index (Phi) is 7.14. The molecule has 2 heterocycles. The zero-order valence-electron chi connectivity index (χ0n) is 25.0. The Balaban J connectivity index is 1.36. The molecule has 0 unspecified atom stereocenters. The van der Waals surface area contributed by atoms with Crippen molar-refractivity contribution in [1.82, 2.24) is 9.97 Å². The summed E-state index contributed by atoms with van der Waals surface area (Å²) in [6.07, 6.45) is 3.90. The van der Waals surface area contributed by atoms with Gasteiger partial charge in [-0.15, -0.1) is 0 Å². The van der Waals surface area contributed by atoms with Crippen LogP contribution in [0.1, 0.15) is 0 Å². The van der Waals surface area contributed by atoms with E-state index in [2.05, 4.69) is 136 Å². The molecule has 6 aromatic rings. The minimum atomic E-state index is -1.42. The van der Waals surface area contributed by atoms with Crippen LogP contribution in [0.25, 0.3) is 44.1 Å². The first-order chi connectivity index (χ1) is 19.6. The van der Waals surface area contributed by atoms with Gasteiger partial charge < -0.3 is 0 Å². The smallest absolute Gasteiger partial charge is 0.0875 e. The first-order valence-electron chi connectivity index (χ1n) is 14.5. The minimum absolute atomic E-state index is 0.692. The lowest BCUT2D eigenvalue weighted by molar-refractivity contribution is 1.36. The standard InChI is InChI=1S/C36H38N2Si3/c1-40(2,3)31-15-13-25-17-19-37-35(33(25)23-31)27-9-7-11-29(21-27)39-30-12-8-10-28(22-30)36-34-24-32(41(4,5)6)16-14-26(34)18-20-38-36/h7-24H,39H2,1-6H3. The molecule has 6 rings (SSSR count). The normalized spacial score (nSPS) is 12.2. The van der Waals surface area contributed by atoms with Gasteiger partial charge in [0.2, 0.25) is 0 Å². The maximum Gasteiger partial charge on any atom is 0.0875 e. The Hall–Kier alpha value is -3.65.